The van der Waals surface area contributed by atoms with Crippen molar-refractivity contribution in [2.75, 3.05) is 32.9 Å². The molecular weight excluding hydrogens is 250 g/mol. The summed E-state index contributed by atoms with van der Waals surface area (Å²) in [4.78, 5) is 24.5. The highest BCUT2D eigenvalue weighted by Gasteiger charge is 2.24. The van der Waals surface area contributed by atoms with Crippen LogP contribution in [0.25, 0.3) is 0 Å². The summed E-state index contributed by atoms with van der Waals surface area (Å²) in [6.45, 7) is 8.09. The molecule has 18 heavy (non-hydrogen) atoms. The molecule has 0 radical (unpaired) electrons. The Morgan fingerprint density at radius 3 is 2.44 bits per heavy atom. The van der Waals surface area contributed by atoms with Crippen LogP contribution in [-0.4, -0.2) is 57.8 Å². The van der Waals surface area contributed by atoms with Gasteiger partial charge >= 0.3 is 11.9 Å². The minimum Gasteiger partial charge on any atom is -0.445 e. The van der Waals surface area contributed by atoms with E-state index in [0.717, 1.165) is 0 Å². The average molecular weight is 269 g/mol. The first-order valence-electron chi connectivity index (χ1n) is 5.94. The first kappa shape index (κ1) is 14.7. The van der Waals surface area contributed by atoms with Crippen molar-refractivity contribution in [3.8, 4) is 11.5 Å². The van der Waals surface area contributed by atoms with Crippen LogP contribution >= 0.6 is 0 Å². The summed E-state index contributed by atoms with van der Waals surface area (Å²) in [5.41, 5.74) is 3.06. The lowest BCUT2D eigenvalue weighted by Crippen LogP contribution is -2.44. The van der Waals surface area contributed by atoms with Gasteiger partial charge in [0.25, 0.3) is 0 Å². The molecule has 1 fully saturated rings. The van der Waals surface area contributed by atoms with E-state index >= 15 is 0 Å². The van der Waals surface area contributed by atoms with Crippen LogP contribution in [0, 0.1) is 11.5 Å². The summed E-state index contributed by atoms with van der Waals surface area (Å²) in [7, 11) is -1.45. The molecule has 5 nitrogen and oxygen atoms in total. The Labute approximate surface area is 108 Å². The molecule has 1 rings (SSSR count). The van der Waals surface area contributed by atoms with E-state index in [9.17, 15) is 9.59 Å². The van der Waals surface area contributed by atoms with E-state index in [4.69, 9.17) is 9.47 Å². The second kappa shape index (κ2) is 6.57. The summed E-state index contributed by atoms with van der Waals surface area (Å²) < 4.78 is 9.93. The van der Waals surface area contributed by atoms with Crippen molar-refractivity contribution >= 4 is 20.0 Å². The summed E-state index contributed by atoms with van der Waals surface area (Å²) in [6, 6.07) is 0. The fourth-order valence-corrected chi connectivity index (χ4v) is 1.96. The standard InChI is InChI=1S/C12H19NO4Si/c1-18(2,3)10-4-7-17-12(15)11(14)13-5-8-16-9-6-13/h5-9H2,1-3H3. The van der Waals surface area contributed by atoms with Crippen molar-refractivity contribution < 1.29 is 19.1 Å². The molecule has 0 N–H and O–H groups in total. The molecule has 0 spiro atoms. The average Bonchev–Trinajstić information content (AvgIpc) is 2.33. The normalized spacial score (nSPS) is 15.6. The molecule has 0 bridgehead atoms. The fourth-order valence-electron chi connectivity index (χ4n) is 1.36. The highest BCUT2D eigenvalue weighted by molar-refractivity contribution is 6.83. The molecule has 1 aliphatic rings. The van der Waals surface area contributed by atoms with Crippen molar-refractivity contribution in [2.45, 2.75) is 19.6 Å². The maximum absolute atomic E-state index is 11.6. The van der Waals surface area contributed by atoms with Gasteiger partial charge in [-0.15, -0.1) is 5.54 Å². The largest absolute Gasteiger partial charge is 0.445 e. The highest BCUT2D eigenvalue weighted by Crippen LogP contribution is 1.99. The van der Waals surface area contributed by atoms with Gasteiger partial charge in [0.05, 0.1) is 13.2 Å². The fraction of sp³-hybridized carbons (Fsp3) is 0.667. The number of amides is 1. The van der Waals surface area contributed by atoms with Crippen molar-refractivity contribution in [1.82, 2.24) is 4.90 Å². The first-order chi connectivity index (χ1) is 8.40. The molecule has 0 aromatic carbocycles. The molecular formula is C12H19NO4Si. The predicted octanol–water partition coefficient (Wildman–Crippen LogP) is 0.269. The lowest BCUT2D eigenvalue weighted by Gasteiger charge is -2.25. The maximum atomic E-state index is 11.6. The van der Waals surface area contributed by atoms with Gasteiger partial charge in [-0.05, 0) is 0 Å². The number of nitrogens with zero attached hydrogens (tertiary/aromatic N) is 1. The Hall–Kier alpha value is -1.32. The Morgan fingerprint density at radius 1 is 1.28 bits per heavy atom. The molecule has 0 aliphatic carbocycles. The number of esters is 1. The monoisotopic (exact) mass is 269 g/mol. The lowest BCUT2D eigenvalue weighted by molar-refractivity contribution is -0.161. The van der Waals surface area contributed by atoms with Crippen LogP contribution in [0.15, 0.2) is 0 Å². The molecule has 0 aromatic heterocycles. The molecule has 100 valence electrons. The van der Waals surface area contributed by atoms with E-state index < -0.39 is 20.0 Å². The van der Waals surface area contributed by atoms with Crippen molar-refractivity contribution in [1.29, 1.82) is 0 Å². The third-order valence-electron chi connectivity index (χ3n) is 2.21. The molecule has 1 amide bonds. The zero-order chi connectivity index (χ0) is 13.6. The Morgan fingerprint density at radius 2 is 1.89 bits per heavy atom. The first-order valence-corrected chi connectivity index (χ1v) is 9.44. The Bertz CT molecular complexity index is 372. The van der Waals surface area contributed by atoms with Crippen LogP contribution in [0.3, 0.4) is 0 Å². The van der Waals surface area contributed by atoms with Gasteiger partial charge in [-0.25, -0.2) is 4.79 Å². The van der Waals surface area contributed by atoms with Gasteiger partial charge in [0.2, 0.25) is 0 Å². The number of hydrogen-bond donors (Lipinski definition) is 0. The molecule has 0 atom stereocenters. The van der Waals surface area contributed by atoms with Crippen molar-refractivity contribution in [3.05, 3.63) is 0 Å². The molecule has 0 unspecified atom stereocenters. The minimum absolute atomic E-state index is 0.0147. The number of hydrogen-bond acceptors (Lipinski definition) is 4. The number of carbonyl (C=O) groups is 2. The van der Waals surface area contributed by atoms with Crippen LogP contribution < -0.4 is 0 Å². The number of rotatable bonds is 1. The zero-order valence-electron chi connectivity index (χ0n) is 11.1. The smallest absolute Gasteiger partial charge is 0.397 e. The van der Waals surface area contributed by atoms with Gasteiger partial charge in [0.1, 0.15) is 8.07 Å². The summed E-state index contributed by atoms with van der Waals surface area (Å²) in [6.07, 6.45) is 0. The van der Waals surface area contributed by atoms with E-state index in [1.807, 2.05) is 0 Å². The van der Waals surface area contributed by atoms with E-state index in [1.54, 1.807) is 0 Å². The van der Waals surface area contributed by atoms with E-state index in [2.05, 4.69) is 31.1 Å². The molecule has 0 aromatic rings. The van der Waals surface area contributed by atoms with E-state index in [0.29, 0.717) is 26.3 Å². The van der Waals surface area contributed by atoms with Crippen LogP contribution in [0.4, 0.5) is 0 Å². The lowest BCUT2D eigenvalue weighted by atomic mass is 10.4. The van der Waals surface area contributed by atoms with Crippen LogP contribution in [-0.2, 0) is 19.1 Å². The van der Waals surface area contributed by atoms with Gasteiger partial charge in [-0.3, -0.25) is 4.79 Å². The van der Waals surface area contributed by atoms with Gasteiger partial charge < -0.3 is 14.4 Å². The Balaban J connectivity index is 2.35. The third-order valence-corrected chi connectivity index (χ3v) is 3.14. The van der Waals surface area contributed by atoms with E-state index in [1.165, 1.54) is 4.90 Å². The van der Waals surface area contributed by atoms with Crippen molar-refractivity contribution in [2.24, 2.45) is 0 Å². The number of morpholine rings is 1. The number of carbonyl (C=O) groups excluding carboxylic acids is 2. The quantitative estimate of drug-likeness (QED) is 0.297. The molecule has 1 aliphatic heterocycles. The summed E-state index contributed by atoms with van der Waals surface area (Å²) in [5, 5.41) is 0. The second-order valence-electron chi connectivity index (χ2n) is 5.03. The maximum Gasteiger partial charge on any atom is 0.397 e. The van der Waals surface area contributed by atoms with Crippen LogP contribution in [0.1, 0.15) is 0 Å². The van der Waals surface area contributed by atoms with Gasteiger partial charge in [0.15, 0.2) is 6.61 Å². The van der Waals surface area contributed by atoms with Gasteiger partial charge in [-0.2, -0.15) is 0 Å². The van der Waals surface area contributed by atoms with Gasteiger partial charge in [0, 0.05) is 13.1 Å². The minimum atomic E-state index is -1.45. The number of ether oxygens (including phenoxy) is 2. The second-order valence-corrected chi connectivity index (χ2v) is 9.78. The molecule has 1 heterocycles. The SMILES string of the molecule is C[Si](C)(C)C#CCOC(=O)C(=O)N1CCOCC1. The van der Waals surface area contributed by atoms with Crippen LogP contribution in [0.2, 0.25) is 19.6 Å². The summed E-state index contributed by atoms with van der Waals surface area (Å²) in [5.74, 6) is 1.35. The topological polar surface area (TPSA) is 55.8 Å². The molecule has 1 saturated heterocycles. The van der Waals surface area contributed by atoms with Gasteiger partial charge in [-0.1, -0.05) is 25.6 Å². The third kappa shape index (κ3) is 5.34. The Kier molecular flexibility index (Phi) is 5.38. The molecule has 0 saturated carbocycles. The zero-order valence-corrected chi connectivity index (χ0v) is 12.1. The van der Waals surface area contributed by atoms with E-state index in [-0.39, 0.29) is 6.61 Å². The highest BCUT2D eigenvalue weighted by atomic mass is 28.3. The molecule has 6 heteroatoms. The summed E-state index contributed by atoms with van der Waals surface area (Å²) >= 11 is 0. The van der Waals surface area contributed by atoms with Crippen molar-refractivity contribution in [3.63, 3.8) is 0 Å². The van der Waals surface area contributed by atoms with Crippen LogP contribution in [0.5, 0.6) is 0 Å². The predicted molar refractivity (Wildman–Crippen MR) is 69.5 cm³/mol.